The number of ether oxygens (including phenoxy) is 1. The first-order valence-electron chi connectivity index (χ1n) is 6.37. The lowest BCUT2D eigenvalue weighted by molar-refractivity contribution is 0.143. The van der Waals surface area contributed by atoms with Gasteiger partial charge >= 0.3 is 6.03 Å². The number of aliphatic hydroxyl groups excluding tert-OH is 1. The van der Waals surface area contributed by atoms with Gasteiger partial charge in [0, 0.05) is 32.8 Å². The number of carbonyl (C=O) groups is 1. The van der Waals surface area contributed by atoms with Crippen molar-refractivity contribution < 1.29 is 19.0 Å². The topological polar surface area (TPSA) is 61.8 Å². The van der Waals surface area contributed by atoms with Crippen LogP contribution in [0.5, 0.6) is 0 Å². The number of benzene rings is 1. The molecule has 0 saturated carbocycles. The van der Waals surface area contributed by atoms with Gasteiger partial charge in [0.15, 0.2) is 0 Å². The smallest absolute Gasteiger partial charge is 0.317 e. The number of rotatable bonds is 6. The molecule has 1 unspecified atom stereocenters. The van der Waals surface area contributed by atoms with Crippen LogP contribution >= 0.6 is 0 Å². The summed E-state index contributed by atoms with van der Waals surface area (Å²) in [5, 5.41) is 11.9. The number of likely N-dealkylation sites (N-methyl/N-ethyl adjacent to an activating group) is 1. The van der Waals surface area contributed by atoms with Crippen LogP contribution in [-0.2, 0) is 17.9 Å². The lowest BCUT2D eigenvalue weighted by atomic mass is 10.1. The average molecular weight is 284 g/mol. The number of urea groups is 1. The number of aliphatic hydroxyl groups is 1. The van der Waals surface area contributed by atoms with Gasteiger partial charge in [-0.2, -0.15) is 0 Å². The molecule has 0 fully saturated rings. The maximum atomic E-state index is 13.4. The van der Waals surface area contributed by atoms with Gasteiger partial charge in [0.2, 0.25) is 0 Å². The Hall–Kier alpha value is -1.66. The van der Waals surface area contributed by atoms with E-state index in [1.807, 2.05) is 0 Å². The molecule has 1 rings (SSSR count). The third-order valence-corrected chi connectivity index (χ3v) is 2.74. The molecule has 20 heavy (non-hydrogen) atoms. The van der Waals surface area contributed by atoms with Gasteiger partial charge in [-0.25, -0.2) is 9.18 Å². The van der Waals surface area contributed by atoms with E-state index in [0.717, 1.165) is 5.56 Å². The number of carbonyl (C=O) groups excluding carboxylic acids is 1. The van der Waals surface area contributed by atoms with Crippen LogP contribution in [0.1, 0.15) is 18.1 Å². The van der Waals surface area contributed by atoms with Crippen LogP contribution in [0.3, 0.4) is 0 Å². The molecule has 1 aromatic carbocycles. The Balaban J connectivity index is 2.57. The van der Waals surface area contributed by atoms with E-state index in [1.165, 1.54) is 18.1 Å². The van der Waals surface area contributed by atoms with Crippen molar-refractivity contribution in [3.05, 3.63) is 35.1 Å². The zero-order chi connectivity index (χ0) is 15.1. The number of amides is 2. The second-order valence-electron chi connectivity index (χ2n) is 4.75. The SMILES string of the molecule is COCc1cc(CNC(=O)N(C)CC(C)O)ccc1F. The maximum absolute atomic E-state index is 13.4. The summed E-state index contributed by atoms with van der Waals surface area (Å²) >= 11 is 0. The average Bonchev–Trinajstić information content (AvgIpc) is 2.38. The highest BCUT2D eigenvalue weighted by Crippen LogP contribution is 2.11. The van der Waals surface area contributed by atoms with Crippen LogP contribution in [0, 0.1) is 5.82 Å². The number of halogens is 1. The molecule has 112 valence electrons. The van der Waals surface area contributed by atoms with Gasteiger partial charge < -0.3 is 20.1 Å². The van der Waals surface area contributed by atoms with E-state index in [1.54, 1.807) is 26.1 Å². The van der Waals surface area contributed by atoms with E-state index in [9.17, 15) is 14.3 Å². The molecular formula is C14H21FN2O3. The summed E-state index contributed by atoms with van der Waals surface area (Å²) in [4.78, 5) is 13.1. The van der Waals surface area contributed by atoms with E-state index in [2.05, 4.69) is 5.32 Å². The predicted octanol–water partition coefficient (Wildman–Crippen LogP) is 1.49. The zero-order valence-corrected chi connectivity index (χ0v) is 12.0. The Bertz CT molecular complexity index is 452. The molecule has 0 aliphatic rings. The molecule has 0 spiro atoms. The second kappa shape index (κ2) is 7.81. The van der Waals surface area contributed by atoms with Crippen LogP contribution in [-0.4, -0.2) is 42.8 Å². The van der Waals surface area contributed by atoms with Gasteiger partial charge in [0.05, 0.1) is 12.7 Å². The van der Waals surface area contributed by atoms with Gasteiger partial charge in [-0.1, -0.05) is 6.07 Å². The summed E-state index contributed by atoms with van der Waals surface area (Å²) < 4.78 is 18.3. The number of hydrogen-bond donors (Lipinski definition) is 2. The van der Waals surface area contributed by atoms with E-state index in [-0.39, 0.29) is 25.0 Å². The molecule has 1 atom stereocenters. The fourth-order valence-electron chi connectivity index (χ4n) is 1.80. The number of nitrogens with one attached hydrogen (secondary N) is 1. The van der Waals surface area contributed by atoms with Crippen molar-refractivity contribution in [2.24, 2.45) is 0 Å². The maximum Gasteiger partial charge on any atom is 0.317 e. The molecule has 0 aliphatic carbocycles. The molecule has 0 saturated heterocycles. The largest absolute Gasteiger partial charge is 0.392 e. The highest BCUT2D eigenvalue weighted by molar-refractivity contribution is 5.73. The summed E-state index contributed by atoms with van der Waals surface area (Å²) in [6, 6.07) is 4.34. The summed E-state index contributed by atoms with van der Waals surface area (Å²) in [7, 11) is 3.10. The van der Waals surface area contributed by atoms with Gasteiger partial charge in [-0.05, 0) is 24.6 Å². The van der Waals surface area contributed by atoms with E-state index >= 15 is 0 Å². The summed E-state index contributed by atoms with van der Waals surface area (Å²) in [6.45, 7) is 2.35. The Kier molecular flexibility index (Phi) is 6.41. The first-order chi connectivity index (χ1) is 9.43. The van der Waals surface area contributed by atoms with Crippen LogP contribution < -0.4 is 5.32 Å². The van der Waals surface area contributed by atoms with Crippen molar-refractivity contribution in [1.29, 1.82) is 0 Å². The van der Waals surface area contributed by atoms with Gasteiger partial charge in [-0.3, -0.25) is 0 Å². The normalized spacial score (nSPS) is 12.1. The summed E-state index contributed by atoms with van der Waals surface area (Å²) in [5.41, 5.74) is 1.24. The van der Waals surface area contributed by atoms with Gasteiger partial charge in [0.25, 0.3) is 0 Å². The monoisotopic (exact) mass is 284 g/mol. The van der Waals surface area contributed by atoms with Crippen molar-refractivity contribution in [2.45, 2.75) is 26.2 Å². The zero-order valence-electron chi connectivity index (χ0n) is 12.0. The minimum Gasteiger partial charge on any atom is -0.392 e. The Morgan fingerprint density at radius 1 is 1.55 bits per heavy atom. The van der Waals surface area contributed by atoms with Gasteiger partial charge in [0.1, 0.15) is 5.82 Å². The quantitative estimate of drug-likeness (QED) is 0.832. The molecule has 0 bridgehead atoms. The Morgan fingerprint density at radius 3 is 2.85 bits per heavy atom. The highest BCUT2D eigenvalue weighted by atomic mass is 19.1. The summed E-state index contributed by atoms with van der Waals surface area (Å²) in [6.07, 6.45) is -0.579. The van der Waals surface area contributed by atoms with E-state index in [0.29, 0.717) is 12.1 Å². The van der Waals surface area contributed by atoms with Crippen LogP contribution in [0.2, 0.25) is 0 Å². The molecule has 2 amide bonds. The molecule has 0 radical (unpaired) electrons. The second-order valence-corrected chi connectivity index (χ2v) is 4.75. The van der Waals surface area contributed by atoms with Gasteiger partial charge in [-0.15, -0.1) is 0 Å². The van der Waals surface area contributed by atoms with Crippen molar-refractivity contribution in [3.8, 4) is 0 Å². The molecule has 2 N–H and O–H groups in total. The third-order valence-electron chi connectivity index (χ3n) is 2.74. The van der Waals surface area contributed by atoms with Crippen LogP contribution in [0.25, 0.3) is 0 Å². The van der Waals surface area contributed by atoms with Crippen LogP contribution in [0.15, 0.2) is 18.2 Å². The first kappa shape index (κ1) is 16.4. The Morgan fingerprint density at radius 2 is 2.25 bits per heavy atom. The van der Waals surface area contributed by atoms with E-state index < -0.39 is 6.10 Å². The standard InChI is InChI=1S/C14H21FN2O3/c1-10(18)8-17(2)14(19)16-7-11-4-5-13(15)12(6-11)9-20-3/h4-6,10,18H,7-9H2,1-3H3,(H,16,19). The number of methoxy groups -OCH3 is 1. The lowest BCUT2D eigenvalue weighted by Crippen LogP contribution is -2.40. The first-order valence-corrected chi connectivity index (χ1v) is 6.37. The number of hydrogen-bond acceptors (Lipinski definition) is 3. The van der Waals surface area contributed by atoms with Crippen LogP contribution in [0.4, 0.5) is 9.18 Å². The fraction of sp³-hybridized carbons (Fsp3) is 0.500. The molecular weight excluding hydrogens is 263 g/mol. The molecule has 6 heteroatoms. The van der Waals surface area contributed by atoms with Crippen molar-refractivity contribution >= 4 is 6.03 Å². The fourth-order valence-corrected chi connectivity index (χ4v) is 1.80. The lowest BCUT2D eigenvalue weighted by Gasteiger charge is -2.19. The van der Waals surface area contributed by atoms with Crippen molar-refractivity contribution in [3.63, 3.8) is 0 Å². The predicted molar refractivity (Wildman–Crippen MR) is 73.7 cm³/mol. The number of nitrogens with zero attached hydrogens (tertiary/aromatic N) is 1. The molecule has 1 aromatic rings. The highest BCUT2D eigenvalue weighted by Gasteiger charge is 2.10. The minimum absolute atomic E-state index is 0.190. The molecule has 0 heterocycles. The van der Waals surface area contributed by atoms with Crippen molar-refractivity contribution in [2.75, 3.05) is 20.7 Å². The molecule has 0 aliphatic heterocycles. The molecule has 0 aromatic heterocycles. The minimum atomic E-state index is -0.579. The van der Waals surface area contributed by atoms with Crippen molar-refractivity contribution in [1.82, 2.24) is 10.2 Å². The van der Waals surface area contributed by atoms with E-state index in [4.69, 9.17) is 4.74 Å². The Labute approximate surface area is 118 Å². The molecule has 5 nitrogen and oxygen atoms in total. The third kappa shape index (κ3) is 5.14. The summed E-state index contributed by atoms with van der Waals surface area (Å²) in [5.74, 6) is -0.326.